The largest absolute Gasteiger partial charge is 0.469 e. The molecule has 38 heavy (non-hydrogen) atoms. The van der Waals surface area contributed by atoms with Crippen molar-refractivity contribution in [2.24, 2.45) is 0 Å². The standard InChI is InChI=1S/C14H16N2O3.C13H14N2O4/c1-3-10-4-6-11(7-5-10)14-15-12(19-16-14)8-9-13(17)18-2;1-18-12(17)7-6-11-14-13(15-19-11)10-4-2-9(8-16)3-5-10/h4-7H,3,8-9H2,1-2H3;2-5,16H,6-8H2,1H3. The molecule has 11 heteroatoms. The first-order valence-electron chi connectivity index (χ1n) is 12.0. The van der Waals surface area contributed by atoms with Crippen LogP contribution in [0, 0.1) is 0 Å². The minimum atomic E-state index is -0.313. The van der Waals surface area contributed by atoms with Gasteiger partial charge in [-0.3, -0.25) is 9.59 Å². The summed E-state index contributed by atoms with van der Waals surface area (Å²) in [5.74, 6) is 1.25. The SMILES string of the molecule is CCc1ccc(-c2noc(CCC(=O)OC)n2)cc1.COC(=O)CCc1nc(-c2ccc(CO)cc2)no1. The molecule has 0 aliphatic heterocycles. The number of aryl methyl sites for hydroxylation is 3. The molecule has 0 radical (unpaired) electrons. The smallest absolute Gasteiger partial charge is 0.306 e. The van der Waals surface area contributed by atoms with Gasteiger partial charge in [-0.2, -0.15) is 9.97 Å². The Morgan fingerprint density at radius 3 is 1.53 bits per heavy atom. The van der Waals surface area contributed by atoms with Gasteiger partial charge in [-0.05, 0) is 17.5 Å². The number of hydrogen-bond acceptors (Lipinski definition) is 11. The fraction of sp³-hybridized carbons (Fsp3) is 0.333. The maximum atomic E-state index is 11.0. The van der Waals surface area contributed by atoms with Crippen molar-refractivity contribution in [1.82, 2.24) is 20.3 Å². The molecule has 0 unspecified atom stereocenters. The fourth-order valence-electron chi connectivity index (χ4n) is 3.22. The second-order valence-corrected chi connectivity index (χ2v) is 8.08. The van der Waals surface area contributed by atoms with Crippen LogP contribution >= 0.6 is 0 Å². The first-order valence-corrected chi connectivity index (χ1v) is 12.0. The van der Waals surface area contributed by atoms with Crippen LogP contribution < -0.4 is 0 Å². The zero-order chi connectivity index (χ0) is 27.3. The first kappa shape index (κ1) is 28.2. The quantitative estimate of drug-likeness (QED) is 0.303. The van der Waals surface area contributed by atoms with Crippen molar-refractivity contribution in [1.29, 1.82) is 0 Å². The van der Waals surface area contributed by atoms with Gasteiger partial charge in [0.05, 0.1) is 33.7 Å². The van der Waals surface area contributed by atoms with E-state index in [0.717, 1.165) is 23.1 Å². The highest BCUT2D eigenvalue weighted by Gasteiger charge is 2.12. The number of ether oxygens (including phenoxy) is 2. The fourth-order valence-corrected chi connectivity index (χ4v) is 3.22. The minimum Gasteiger partial charge on any atom is -0.469 e. The molecule has 0 bridgehead atoms. The minimum absolute atomic E-state index is 0.00307. The molecule has 2 heterocycles. The van der Waals surface area contributed by atoms with Gasteiger partial charge in [-0.25, -0.2) is 0 Å². The summed E-state index contributed by atoms with van der Waals surface area (Å²) in [5, 5.41) is 16.7. The van der Waals surface area contributed by atoms with Crippen molar-refractivity contribution < 1.29 is 33.2 Å². The number of rotatable bonds is 10. The lowest BCUT2D eigenvalue weighted by molar-refractivity contribution is -0.141. The van der Waals surface area contributed by atoms with Crippen LogP contribution in [0.3, 0.4) is 0 Å². The first-order chi connectivity index (χ1) is 18.4. The molecule has 0 amide bonds. The summed E-state index contributed by atoms with van der Waals surface area (Å²) in [6.07, 6.45) is 2.20. The van der Waals surface area contributed by atoms with Gasteiger partial charge in [0.15, 0.2) is 0 Å². The normalized spacial score (nSPS) is 10.4. The summed E-state index contributed by atoms with van der Waals surface area (Å²) in [7, 11) is 2.70. The number of esters is 2. The van der Waals surface area contributed by atoms with E-state index >= 15 is 0 Å². The molecule has 2 aromatic heterocycles. The van der Waals surface area contributed by atoms with E-state index in [-0.39, 0.29) is 31.4 Å². The predicted octanol–water partition coefficient (Wildman–Crippen LogP) is 3.74. The number of aliphatic hydroxyl groups is 1. The van der Waals surface area contributed by atoms with Crippen LogP contribution in [0.2, 0.25) is 0 Å². The van der Waals surface area contributed by atoms with Crippen molar-refractivity contribution in [2.75, 3.05) is 14.2 Å². The number of aromatic nitrogens is 4. The van der Waals surface area contributed by atoms with Crippen LogP contribution in [0.1, 0.15) is 42.7 Å². The molecule has 0 aliphatic carbocycles. The highest BCUT2D eigenvalue weighted by molar-refractivity contribution is 5.69. The molecule has 200 valence electrons. The number of carbonyl (C=O) groups is 2. The Morgan fingerprint density at radius 2 is 1.16 bits per heavy atom. The highest BCUT2D eigenvalue weighted by Crippen LogP contribution is 2.18. The molecular formula is C27H30N4O7. The Bertz CT molecular complexity index is 1200. The number of carbonyl (C=O) groups excluding carboxylic acids is 2. The molecule has 0 saturated carbocycles. The highest BCUT2D eigenvalue weighted by atomic mass is 16.5. The average molecular weight is 523 g/mol. The van der Waals surface area contributed by atoms with E-state index < -0.39 is 0 Å². The van der Waals surface area contributed by atoms with Crippen molar-refractivity contribution in [3.8, 4) is 22.8 Å². The van der Waals surface area contributed by atoms with Gasteiger partial charge in [0.1, 0.15) is 0 Å². The van der Waals surface area contributed by atoms with E-state index in [4.69, 9.17) is 14.2 Å². The van der Waals surface area contributed by atoms with Crippen LogP contribution in [0.25, 0.3) is 22.8 Å². The Balaban J connectivity index is 0.000000211. The number of benzene rings is 2. The van der Waals surface area contributed by atoms with Crippen LogP contribution in [0.5, 0.6) is 0 Å². The molecule has 0 fully saturated rings. The molecule has 0 saturated heterocycles. The molecule has 1 N–H and O–H groups in total. The van der Waals surface area contributed by atoms with Gasteiger partial charge < -0.3 is 23.6 Å². The lowest BCUT2D eigenvalue weighted by Crippen LogP contribution is -2.01. The molecule has 0 aliphatic rings. The van der Waals surface area contributed by atoms with Gasteiger partial charge in [0.25, 0.3) is 0 Å². The molecular weight excluding hydrogens is 492 g/mol. The third-order valence-electron chi connectivity index (χ3n) is 5.49. The van der Waals surface area contributed by atoms with Crippen molar-refractivity contribution in [2.45, 2.75) is 45.6 Å². The number of methoxy groups -OCH3 is 2. The molecule has 0 spiro atoms. The van der Waals surface area contributed by atoms with E-state index in [1.165, 1.54) is 19.8 Å². The summed E-state index contributed by atoms with van der Waals surface area (Å²) in [6, 6.07) is 15.2. The summed E-state index contributed by atoms with van der Waals surface area (Å²) in [4.78, 5) is 30.5. The van der Waals surface area contributed by atoms with Gasteiger partial charge in [0.2, 0.25) is 23.4 Å². The van der Waals surface area contributed by atoms with Gasteiger partial charge in [0, 0.05) is 24.0 Å². The van der Waals surface area contributed by atoms with E-state index in [1.54, 1.807) is 24.3 Å². The van der Waals surface area contributed by atoms with Gasteiger partial charge in [-0.1, -0.05) is 65.8 Å². The third kappa shape index (κ3) is 8.34. The van der Waals surface area contributed by atoms with E-state index in [2.05, 4.69) is 36.7 Å². The van der Waals surface area contributed by atoms with Gasteiger partial charge >= 0.3 is 11.9 Å². The second-order valence-electron chi connectivity index (χ2n) is 8.08. The lowest BCUT2D eigenvalue weighted by Gasteiger charge is -1.97. The van der Waals surface area contributed by atoms with Gasteiger partial charge in [-0.15, -0.1) is 0 Å². The van der Waals surface area contributed by atoms with E-state index in [0.29, 0.717) is 36.3 Å². The number of nitrogens with zero attached hydrogens (tertiary/aromatic N) is 4. The summed E-state index contributed by atoms with van der Waals surface area (Å²) < 4.78 is 19.3. The number of aliphatic hydroxyl groups excluding tert-OH is 1. The summed E-state index contributed by atoms with van der Waals surface area (Å²) in [5.41, 5.74) is 3.78. The lowest BCUT2D eigenvalue weighted by atomic mass is 10.1. The van der Waals surface area contributed by atoms with E-state index in [9.17, 15) is 9.59 Å². The Labute approximate surface area is 219 Å². The molecule has 0 atom stereocenters. The van der Waals surface area contributed by atoms with Crippen molar-refractivity contribution in [3.63, 3.8) is 0 Å². The molecule has 4 aromatic rings. The Kier molecular flexibility index (Phi) is 10.7. The monoisotopic (exact) mass is 522 g/mol. The van der Waals surface area contributed by atoms with Crippen LogP contribution in [-0.2, 0) is 44.9 Å². The Morgan fingerprint density at radius 1 is 0.737 bits per heavy atom. The second kappa shape index (κ2) is 14.4. The van der Waals surface area contributed by atoms with Crippen molar-refractivity contribution in [3.05, 3.63) is 71.4 Å². The molecule has 2 aromatic carbocycles. The maximum Gasteiger partial charge on any atom is 0.306 e. The predicted molar refractivity (Wildman–Crippen MR) is 135 cm³/mol. The van der Waals surface area contributed by atoms with Crippen molar-refractivity contribution >= 4 is 11.9 Å². The van der Waals surface area contributed by atoms with Crippen LogP contribution in [0.4, 0.5) is 0 Å². The topological polar surface area (TPSA) is 151 Å². The number of hydrogen-bond donors (Lipinski definition) is 1. The Hall–Kier alpha value is -4.38. The third-order valence-corrected chi connectivity index (χ3v) is 5.49. The molecule has 4 rings (SSSR count). The molecule has 11 nitrogen and oxygen atoms in total. The average Bonchev–Trinajstić information content (AvgIpc) is 3.65. The maximum absolute atomic E-state index is 11.0. The summed E-state index contributed by atoms with van der Waals surface area (Å²) >= 11 is 0. The van der Waals surface area contributed by atoms with Crippen LogP contribution in [-0.4, -0.2) is 51.5 Å². The van der Waals surface area contributed by atoms with E-state index in [1.807, 2.05) is 24.3 Å². The zero-order valence-electron chi connectivity index (χ0n) is 21.5. The van der Waals surface area contributed by atoms with Crippen LogP contribution in [0.15, 0.2) is 57.6 Å². The zero-order valence-corrected chi connectivity index (χ0v) is 21.5. The summed E-state index contributed by atoms with van der Waals surface area (Å²) in [6.45, 7) is 2.10.